The highest BCUT2D eigenvalue weighted by Gasteiger charge is 2.55. The fraction of sp³-hybridized carbons (Fsp3) is 0.600. The maximum atomic E-state index is 13.5. The van der Waals surface area contributed by atoms with Gasteiger partial charge in [0.1, 0.15) is 5.54 Å². The fourth-order valence-corrected chi connectivity index (χ4v) is 4.17. The number of hydrogen-bond acceptors (Lipinski definition) is 2. The van der Waals surface area contributed by atoms with Gasteiger partial charge in [-0.15, -0.1) is 0 Å². The molecule has 0 spiro atoms. The summed E-state index contributed by atoms with van der Waals surface area (Å²) in [5, 5.41) is 2.97. The Morgan fingerprint density at radius 2 is 1.79 bits per heavy atom. The normalized spacial score (nSPS) is 25.2. The van der Waals surface area contributed by atoms with Gasteiger partial charge in [-0.2, -0.15) is 0 Å². The lowest BCUT2D eigenvalue weighted by atomic mass is 9.74. The van der Waals surface area contributed by atoms with Crippen LogP contribution in [0, 0.1) is 0 Å². The molecule has 3 rings (SSSR count). The minimum absolute atomic E-state index is 0.00911. The molecule has 0 radical (unpaired) electrons. The zero-order valence-electron chi connectivity index (χ0n) is 14.8. The molecule has 1 aromatic carbocycles. The summed E-state index contributed by atoms with van der Waals surface area (Å²) in [5.41, 5.74) is -0.0133. The van der Waals surface area contributed by atoms with Crippen molar-refractivity contribution >= 4 is 11.8 Å². The van der Waals surface area contributed by atoms with Crippen LogP contribution in [-0.4, -0.2) is 35.3 Å². The van der Waals surface area contributed by atoms with E-state index < -0.39 is 11.0 Å². The van der Waals surface area contributed by atoms with E-state index >= 15 is 0 Å². The third-order valence-corrected chi connectivity index (χ3v) is 5.88. The van der Waals surface area contributed by atoms with E-state index in [2.05, 4.69) is 17.4 Å². The van der Waals surface area contributed by atoms with Crippen LogP contribution in [0.3, 0.4) is 0 Å². The van der Waals surface area contributed by atoms with Crippen LogP contribution >= 0.6 is 0 Å². The summed E-state index contributed by atoms with van der Waals surface area (Å²) < 4.78 is 0. The smallest absolute Gasteiger partial charge is 0.245 e. The second-order valence-electron chi connectivity index (χ2n) is 7.39. The fourth-order valence-electron chi connectivity index (χ4n) is 4.17. The highest BCUT2D eigenvalue weighted by atomic mass is 16.2. The van der Waals surface area contributed by atoms with Crippen LogP contribution < -0.4 is 5.32 Å². The maximum absolute atomic E-state index is 13.5. The van der Waals surface area contributed by atoms with Crippen LogP contribution in [0.25, 0.3) is 0 Å². The van der Waals surface area contributed by atoms with E-state index in [0.717, 1.165) is 44.1 Å². The number of nitrogens with one attached hydrogen (secondary N) is 1. The SMILES string of the molecule is CCCNC(=O)C1(C)CCN1C(=O)C1(c2ccccc2)CCCC1. The van der Waals surface area contributed by atoms with Gasteiger partial charge in [-0.1, -0.05) is 50.1 Å². The Kier molecular flexibility index (Phi) is 4.66. The maximum Gasteiger partial charge on any atom is 0.245 e. The number of hydrogen-bond donors (Lipinski definition) is 1. The molecule has 0 aromatic heterocycles. The molecule has 130 valence electrons. The van der Waals surface area contributed by atoms with Gasteiger partial charge in [0.15, 0.2) is 0 Å². The molecule has 1 saturated carbocycles. The Morgan fingerprint density at radius 1 is 1.12 bits per heavy atom. The van der Waals surface area contributed by atoms with Gasteiger partial charge in [-0.05, 0) is 38.2 Å². The molecule has 1 unspecified atom stereocenters. The third kappa shape index (κ3) is 2.62. The first-order valence-corrected chi connectivity index (χ1v) is 9.20. The van der Waals surface area contributed by atoms with Gasteiger partial charge >= 0.3 is 0 Å². The highest BCUT2D eigenvalue weighted by Crippen LogP contribution is 2.45. The van der Waals surface area contributed by atoms with Crippen molar-refractivity contribution in [2.45, 2.75) is 63.3 Å². The number of nitrogens with zero attached hydrogens (tertiary/aromatic N) is 1. The minimum atomic E-state index is -0.684. The summed E-state index contributed by atoms with van der Waals surface area (Å²) >= 11 is 0. The Balaban J connectivity index is 1.85. The van der Waals surface area contributed by atoms with Gasteiger partial charge in [0.05, 0.1) is 5.41 Å². The summed E-state index contributed by atoms with van der Waals surface area (Å²) in [6.45, 7) is 5.30. The molecule has 24 heavy (non-hydrogen) atoms. The molecule has 2 aliphatic rings. The van der Waals surface area contributed by atoms with Crippen molar-refractivity contribution in [3.8, 4) is 0 Å². The van der Waals surface area contributed by atoms with Crippen LogP contribution in [0.4, 0.5) is 0 Å². The van der Waals surface area contributed by atoms with Crippen molar-refractivity contribution in [3.63, 3.8) is 0 Å². The van der Waals surface area contributed by atoms with Crippen LogP contribution in [0.15, 0.2) is 30.3 Å². The van der Waals surface area contributed by atoms with E-state index in [0.29, 0.717) is 13.1 Å². The number of rotatable bonds is 5. The van der Waals surface area contributed by atoms with E-state index in [-0.39, 0.29) is 11.8 Å². The van der Waals surface area contributed by atoms with Gasteiger partial charge in [0.2, 0.25) is 11.8 Å². The molecule has 1 N–H and O–H groups in total. The molecule has 2 fully saturated rings. The summed E-state index contributed by atoms with van der Waals surface area (Å²) in [5.74, 6) is 0.136. The van der Waals surface area contributed by atoms with Gasteiger partial charge in [0.25, 0.3) is 0 Å². The molecular weight excluding hydrogens is 300 g/mol. The largest absolute Gasteiger partial charge is 0.354 e. The molecule has 4 nitrogen and oxygen atoms in total. The Hall–Kier alpha value is -1.84. The highest BCUT2D eigenvalue weighted by molar-refractivity contribution is 5.97. The number of likely N-dealkylation sites (tertiary alicyclic amines) is 1. The van der Waals surface area contributed by atoms with Gasteiger partial charge in [0, 0.05) is 13.1 Å². The average Bonchev–Trinajstić information content (AvgIpc) is 3.09. The van der Waals surface area contributed by atoms with Gasteiger partial charge in [-0.25, -0.2) is 0 Å². The van der Waals surface area contributed by atoms with Crippen LogP contribution in [0.5, 0.6) is 0 Å². The summed E-state index contributed by atoms with van der Waals surface area (Å²) in [4.78, 5) is 27.9. The molecular formula is C20H28N2O2. The Labute approximate surface area is 144 Å². The summed E-state index contributed by atoms with van der Waals surface area (Å²) in [6.07, 6.45) is 5.58. The second kappa shape index (κ2) is 6.58. The lowest BCUT2D eigenvalue weighted by Gasteiger charge is -2.52. The van der Waals surface area contributed by atoms with E-state index in [9.17, 15) is 9.59 Å². The van der Waals surface area contributed by atoms with E-state index in [4.69, 9.17) is 0 Å². The zero-order valence-corrected chi connectivity index (χ0v) is 14.8. The van der Waals surface area contributed by atoms with Crippen molar-refractivity contribution < 1.29 is 9.59 Å². The lowest BCUT2D eigenvalue weighted by molar-refractivity contribution is -0.162. The average molecular weight is 328 g/mol. The lowest BCUT2D eigenvalue weighted by Crippen LogP contribution is -2.70. The minimum Gasteiger partial charge on any atom is -0.354 e. The van der Waals surface area contributed by atoms with Crippen molar-refractivity contribution in [1.29, 1.82) is 0 Å². The van der Waals surface area contributed by atoms with E-state index in [1.54, 1.807) is 0 Å². The molecule has 0 bridgehead atoms. The molecule has 1 heterocycles. The first-order chi connectivity index (χ1) is 11.5. The Morgan fingerprint density at radius 3 is 2.33 bits per heavy atom. The number of benzene rings is 1. The zero-order chi connectivity index (χ0) is 17.2. The first kappa shape index (κ1) is 17.0. The van der Waals surface area contributed by atoms with Crippen molar-refractivity contribution in [2.75, 3.05) is 13.1 Å². The summed E-state index contributed by atoms with van der Waals surface area (Å²) in [6, 6.07) is 10.1. The molecule has 1 saturated heterocycles. The molecule has 2 amide bonds. The molecule has 1 atom stereocenters. The molecule has 1 aromatic rings. The first-order valence-electron chi connectivity index (χ1n) is 9.20. The molecule has 4 heteroatoms. The Bertz CT molecular complexity index is 607. The standard InChI is InChI=1S/C20H28N2O2/c1-3-14-21-17(23)19(2)13-15-22(19)18(24)20(11-7-8-12-20)16-9-5-4-6-10-16/h4-6,9-10H,3,7-8,11-15H2,1-2H3,(H,21,23). The number of amides is 2. The van der Waals surface area contributed by atoms with Crippen LogP contribution in [0.1, 0.15) is 57.9 Å². The van der Waals surface area contributed by atoms with E-state index in [1.165, 1.54) is 0 Å². The molecule has 1 aliphatic heterocycles. The van der Waals surface area contributed by atoms with Gasteiger partial charge < -0.3 is 10.2 Å². The molecule has 1 aliphatic carbocycles. The van der Waals surface area contributed by atoms with Crippen molar-refractivity contribution in [3.05, 3.63) is 35.9 Å². The quantitative estimate of drug-likeness (QED) is 0.903. The van der Waals surface area contributed by atoms with Crippen LogP contribution in [-0.2, 0) is 15.0 Å². The van der Waals surface area contributed by atoms with Crippen molar-refractivity contribution in [2.24, 2.45) is 0 Å². The topological polar surface area (TPSA) is 49.4 Å². The number of carbonyl (C=O) groups excluding carboxylic acids is 2. The van der Waals surface area contributed by atoms with Gasteiger partial charge in [-0.3, -0.25) is 9.59 Å². The predicted molar refractivity (Wildman–Crippen MR) is 94.6 cm³/mol. The predicted octanol–water partition coefficient (Wildman–Crippen LogP) is 3.02. The second-order valence-corrected chi connectivity index (χ2v) is 7.39. The monoisotopic (exact) mass is 328 g/mol. The van der Waals surface area contributed by atoms with E-state index in [1.807, 2.05) is 36.9 Å². The van der Waals surface area contributed by atoms with Crippen LogP contribution in [0.2, 0.25) is 0 Å². The van der Waals surface area contributed by atoms with Crippen molar-refractivity contribution in [1.82, 2.24) is 10.2 Å². The summed E-state index contributed by atoms with van der Waals surface area (Å²) in [7, 11) is 0. The number of carbonyl (C=O) groups is 2. The third-order valence-electron chi connectivity index (χ3n) is 5.88.